The first kappa shape index (κ1) is 22.5. The standard InChI is InChI=1S/C22H26ClN5O4/c1-2-20(29)27-18-4-3-14(9-19(18)32-17-6-8-31-13-17)21(30)28-7-5-16(12-28)26-22-24-10-15(23)11-25-22/h2-4,9-11,16-17,21,30H,1,5-8,12-13H2,(H,27,29)(H,24,25,26)/t16-,17?,21?/m1/s1. The molecule has 2 saturated heterocycles. The summed E-state index contributed by atoms with van der Waals surface area (Å²) in [5.41, 5.74) is 1.21. The summed E-state index contributed by atoms with van der Waals surface area (Å²) in [7, 11) is 0. The van der Waals surface area contributed by atoms with Crippen LogP contribution in [0.2, 0.25) is 5.02 Å². The van der Waals surface area contributed by atoms with Crippen molar-refractivity contribution >= 4 is 29.1 Å². The molecule has 0 bridgehead atoms. The van der Waals surface area contributed by atoms with Gasteiger partial charge in [0.25, 0.3) is 0 Å². The topological polar surface area (TPSA) is 109 Å². The monoisotopic (exact) mass is 459 g/mol. The van der Waals surface area contributed by atoms with Crippen LogP contribution in [0.15, 0.2) is 43.2 Å². The molecular formula is C22H26ClN5O4. The van der Waals surface area contributed by atoms with E-state index in [1.807, 2.05) is 4.90 Å². The minimum Gasteiger partial charge on any atom is -0.486 e. The molecular weight excluding hydrogens is 434 g/mol. The van der Waals surface area contributed by atoms with Crippen LogP contribution < -0.4 is 15.4 Å². The Morgan fingerprint density at radius 1 is 1.38 bits per heavy atom. The second-order valence-corrected chi connectivity index (χ2v) is 8.21. The van der Waals surface area contributed by atoms with Crippen LogP contribution in [0.1, 0.15) is 24.6 Å². The maximum absolute atomic E-state index is 11.8. The fourth-order valence-electron chi connectivity index (χ4n) is 3.78. The predicted octanol–water partition coefficient (Wildman–Crippen LogP) is 2.60. The highest BCUT2D eigenvalue weighted by atomic mass is 35.5. The van der Waals surface area contributed by atoms with Gasteiger partial charge in [-0.25, -0.2) is 9.97 Å². The summed E-state index contributed by atoms with van der Waals surface area (Å²) in [4.78, 5) is 22.1. The second-order valence-electron chi connectivity index (χ2n) is 7.78. The smallest absolute Gasteiger partial charge is 0.247 e. The number of anilines is 2. The molecule has 3 heterocycles. The van der Waals surface area contributed by atoms with Gasteiger partial charge in [-0.2, -0.15) is 0 Å². The van der Waals surface area contributed by atoms with Crippen molar-refractivity contribution in [3.8, 4) is 5.75 Å². The number of benzene rings is 1. The Balaban J connectivity index is 1.45. The van der Waals surface area contributed by atoms with Gasteiger partial charge in [0.05, 0.1) is 36.3 Å². The van der Waals surface area contributed by atoms with Crippen molar-refractivity contribution in [1.82, 2.24) is 14.9 Å². The zero-order valence-electron chi connectivity index (χ0n) is 17.5. The van der Waals surface area contributed by atoms with Crippen LogP contribution in [-0.4, -0.2) is 64.3 Å². The molecule has 3 atom stereocenters. The molecule has 0 spiro atoms. The molecule has 0 radical (unpaired) electrons. The quantitative estimate of drug-likeness (QED) is 0.517. The first-order chi connectivity index (χ1) is 15.5. The van der Waals surface area contributed by atoms with E-state index in [2.05, 4.69) is 27.2 Å². The Labute approximate surface area is 191 Å². The fraction of sp³-hybridized carbons (Fsp3) is 0.409. The van der Waals surface area contributed by atoms with Crippen LogP contribution in [-0.2, 0) is 9.53 Å². The minimum atomic E-state index is -0.820. The van der Waals surface area contributed by atoms with Crippen molar-refractivity contribution in [1.29, 1.82) is 0 Å². The molecule has 0 aliphatic carbocycles. The van der Waals surface area contributed by atoms with Gasteiger partial charge in [0, 0.05) is 25.6 Å². The maximum atomic E-state index is 11.8. The van der Waals surface area contributed by atoms with Gasteiger partial charge >= 0.3 is 0 Å². The van der Waals surface area contributed by atoms with Gasteiger partial charge in [0.2, 0.25) is 11.9 Å². The molecule has 10 heteroatoms. The largest absolute Gasteiger partial charge is 0.486 e. The van der Waals surface area contributed by atoms with Crippen molar-refractivity contribution < 1.29 is 19.4 Å². The fourth-order valence-corrected chi connectivity index (χ4v) is 3.87. The molecule has 2 unspecified atom stereocenters. The number of carbonyl (C=O) groups is 1. The highest BCUT2D eigenvalue weighted by Crippen LogP contribution is 2.33. The molecule has 2 aliphatic heterocycles. The number of hydrogen-bond acceptors (Lipinski definition) is 8. The van der Waals surface area contributed by atoms with Crippen molar-refractivity contribution in [3.05, 3.63) is 53.8 Å². The van der Waals surface area contributed by atoms with E-state index in [0.29, 0.717) is 54.3 Å². The van der Waals surface area contributed by atoms with Crippen LogP contribution in [0.25, 0.3) is 0 Å². The summed E-state index contributed by atoms with van der Waals surface area (Å²) in [5.74, 6) is 0.673. The summed E-state index contributed by atoms with van der Waals surface area (Å²) in [5, 5.41) is 17.5. The molecule has 9 nitrogen and oxygen atoms in total. The molecule has 2 aromatic rings. The first-order valence-electron chi connectivity index (χ1n) is 10.5. The lowest BCUT2D eigenvalue weighted by Gasteiger charge is -2.25. The van der Waals surface area contributed by atoms with E-state index in [1.54, 1.807) is 30.6 Å². The van der Waals surface area contributed by atoms with Crippen molar-refractivity contribution in [2.24, 2.45) is 0 Å². The summed E-state index contributed by atoms with van der Waals surface area (Å²) in [6.45, 7) is 5.94. The maximum Gasteiger partial charge on any atom is 0.247 e. The number of carbonyl (C=O) groups excluding carboxylic acids is 1. The minimum absolute atomic E-state index is 0.0958. The third-order valence-corrected chi connectivity index (χ3v) is 5.64. The molecule has 4 rings (SSSR count). The average molecular weight is 460 g/mol. The predicted molar refractivity (Wildman–Crippen MR) is 121 cm³/mol. The first-order valence-corrected chi connectivity index (χ1v) is 10.9. The van der Waals surface area contributed by atoms with Gasteiger partial charge in [-0.15, -0.1) is 0 Å². The van der Waals surface area contributed by atoms with E-state index in [-0.39, 0.29) is 18.1 Å². The highest BCUT2D eigenvalue weighted by Gasteiger charge is 2.29. The van der Waals surface area contributed by atoms with E-state index in [1.165, 1.54) is 6.08 Å². The lowest BCUT2D eigenvalue weighted by molar-refractivity contribution is -0.111. The van der Waals surface area contributed by atoms with Gasteiger partial charge in [-0.1, -0.05) is 24.2 Å². The number of rotatable bonds is 8. The number of likely N-dealkylation sites (tertiary alicyclic amines) is 1. The average Bonchev–Trinajstić information content (AvgIpc) is 3.48. The SMILES string of the molecule is C=CC(=O)Nc1ccc(C(O)N2CC[C@@H](Nc3ncc(Cl)cn3)C2)cc1OC1CCOC1. The third-order valence-electron chi connectivity index (χ3n) is 5.45. The zero-order valence-corrected chi connectivity index (χ0v) is 18.3. The van der Waals surface area contributed by atoms with Crippen molar-refractivity contribution in [2.75, 3.05) is 36.9 Å². The summed E-state index contributed by atoms with van der Waals surface area (Å²) in [6, 6.07) is 5.39. The van der Waals surface area contributed by atoms with Gasteiger partial charge in [0.1, 0.15) is 18.1 Å². The molecule has 1 aromatic heterocycles. The van der Waals surface area contributed by atoms with Gasteiger partial charge < -0.3 is 25.2 Å². The van der Waals surface area contributed by atoms with Crippen LogP contribution >= 0.6 is 11.6 Å². The third kappa shape index (κ3) is 5.55. The molecule has 2 fully saturated rings. The molecule has 1 amide bonds. The number of aromatic nitrogens is 2. The number of halogens is 1. The Bertz CT molecular complexity index is 952. The number of nitrogens with one attached hydrogen (secondary N) is 2. The van der Waals surface area contributed by atoms with E-state index >= 15 is 0 Å². The van der Waals surface area contributed by atoms with Crippen LogP contribution in [0.5, 0.6) is 5.75 Å². The van der Waals surface area contributed by atoms with E-state index in [4.69, 9.17) is 21.1 Å². The van der Waals surface area contributed by atoms with Crippen LogP contribution in [0.4, 0.5) is 11.6 Å². The van der Waals surface area contributed by atoms with Crippen molar-refractivity contribution in [2.45, 2.75) is 31.2 Å². The summed E-state index contributed by atoms with van der Waals surface area (Å²) < 4.78 is 11.5. The molecule has 170 valence electrons. The Kier molecular flexibility index (Phi) is 7.21. The van der Waals surface area contributed by atoms with E-state index < -0.39 is 6.23 Å². The zero-order chi connectivity index (χ0) is 22.5. The Morgan fingerprint density at radius 3 is 2.91 bits per heavy atom. The van der Waals surface area contributed by atoms with E-state index in [0.717, 1.165) is 12.8 Å². The lowest BCUT2D eigenvalue weighted by Crippen LogP contribution is -2.30. The van der Waals surface area contributed by atoms with Crippen LogP contribution in [0.3, 0.4) is 0 Å². The highest BCUT2D eigenvalue weighted by molar-refractivity contribution is 6.30. The van der Waals surface area contributed by atoms with Gasteiger partial charge in [0.15, 0.2) is 0 Å². The number of aliphatic hydroxyl groups excluding tert-OH is 1. The molecule has 2 aliphatic rings. The molecule has 3 N–H and O–H groups in total. The lowest BCUT2D eigenvalue weighted by atomic mass is 10.1. The summed E-state index contributed by atoms with van der Waals surface area (Å²) >= 11 is 5.83. The molecule has 0 saturated carbocycles. The Morgan fingerprint density at radius 2 is 2.19 bits per heavy atom. The second kappa shape index (κ2) is 10.3. The normalized spacial score (nSPS) is 21.8. The van der Waals surface area contributed by atoms with Crippen molar-refractivity contribution in [3.63, 3.8) is 0 Å². The Hall–Kier alpha value is -2.72. The van der Waals surface area contributed by atoms with Crippen LogP contribution in [0, 0.1) is 0 Å². The number of nitrogens with zero attached hydrogens (tertiary/aromatic N) is 3. The van der Waals surface area contributed by atoms with Gasteiger partial charge in [-0.3, -0.25) is 9.69 Å². The number of ether oxygens (including phenoxy) is 2. The number of hydrogen-bond donors (Lipinski definition) is 3. The number of amides is 1. The van der Waals surface area contributed by atoms with Gasteiger partial charge in [-0.05, 0) is 30.2 Å². The molecule has 1 aromatic carbocycles. The number of aliphatic hydroxyl groups is 1. The summed E-state index contributed by atoms with van der Waals surface area (Å²) in [6.07, 6.45) is 4.98. The molecule has 32 heavy (non-hydrogen) atoms. The van der Waals surface area contributed by atoms with E-state index in [9.17, 15) is 9.90 Å².